The van der Waals surface area contributed by atoms with E-state index in [9.17, 15) is 9.59 Å². The molecule has 3 aromatic rings. The lowest BCUT2D eigenvalue weighted by atomic mass is 10.1. The SMILES string of the molecule is Cc1ccc(NC(=O)C(C)C)cc1NC(=O)CCc1nnc(-c2ccccc2)o1. The number of nitrogens with zero attached hydrogens (tertiary/aromatic N) is 2. The Hall–Kier alpha value is -3.48. The maximum Gasteiger partial charge on any atom is 0.247 e. The number of rotatable bonds is 7. The highest BCUT2D eigenvalue weighted by Crippen LogP contribution is 2.22. The van der Waals surface area contributed by atoms with E-state index < -0.39 is 0 Å². The lowest BCUT2D eigenvalue weighted by Crippen LogP contribution is -2.18. The molecule has 29 heavy (non-hydrogen) atoms. The predicted molar refractivity (Wildman–Crippen MR) is 111 cm³/mol. The fourth-order valence-corrected chi connectivity index (χ4v) is 2.61. The summed E-state index contributed by atoms with van der Waals surface area (Å²) in [5.74, 6) is 0.486. The normalized spacial score (nSPS) is 10.8. The van der Waals surface area contributed by atoms with E-state index in [1.54, 1.807) is 6.07 Å². The second-order valence-corrected chi connectivity index (χ2v) is 7.09. The number of carbonyl (C=O) groups is 2. The fourth-order valence-electron chi connectivity index (χ4n) is 2.61. The van der Waals surface area contributed by atoms with Gasteiger partial charge in [-0.1, -0.05) is 38.1 Å². The van der Waals surface area contributed by atoms with E-state index in [0.717, 1.165) is 11.1 Å². The zero-order valence-corrected chi connectivity index (χ0v) is 16.7. The summed E-state index contributed by atoms with van der Waals surface area (Å²) in [6.07, 6.45) is 0.549. The van der Waals surface area contributed by atoms with Crippen LogP contribution in [0.2, 0.25) is 0 Å². The second kappa shape index (κ2) is 9.14. The molecule has 0 unspecified atom stereocenters. The van der Waals surface area contributed by atoms with Gasteiger partial charge >= 0.3 is 0 Å². The van der Waals surface area contributed by atoms with Gasteiger partial charge in [0.2, 0.25) is 23.6 Å². The van der Waals surface area contributed by atoms with Crippen molar-refractivity contribution in [3.63, 3.8) is 0 Å². The van der Waals surface area contributed by atoms with Crippen LogP contribution in [0.15, 0.2) is 52.9 Å². The van der Waals surface area contributed by atoms with Crippen molar-refractivity contribution in [2.75, 3.05) is 10.6 Å². The molecule has 0 saturated heterocycles. The molecule has 0 spiro atoms. The number of amides is 2. The summed E-state index contributed by atoms with van der Waals surface area (Å²) >= 11 is 0. The van der Waals surface area contributed by atoms with E-state index in [4.69, 9.17) is 4.42 Å². The Balaban J connectivity index is 1.58. The lowest BCUT2D eigenvalue weighted by molar-refractivity contribution is -0.119. The van der Waals surface area contributed by atoms with Gasteiger partial charge in [0.05, 0.1) is 0 Å². The Kier molecular flexibility index (Phi) is 6.39. The molecule has 3 rings (SSSR count). The number of benzene rings is 2. The van der Waals surface area contributed by atoms with Crippen LogP contribution < -0.4 is 10.6 Å². The zero-order valence-electron chi connectivity index (χ0n) is 16.7. The van der Waals surface area contributed by atoms with E-state index in [-0.39, 0.29) is 24.2 Å². The topological polar surface area (TPSA) is 97.1 Å². The van der Waals surface area contributed by atoms with Gasteiger partial charge in [-0.05, 0) is 36.8 Å². The minimum atomic E-state index is -0.167. The Morgan fingerprint density at radius 3 is 2.52 bits per heavy atom. The largest absolute Gasteiger partial charge is 0.421 e. The molecule has 7 nitrogen and oxygen atoms in total. The van der Waals surface area contributed by atoms with Crippen LogP contribution in [-0.2, 0) is 16.0 Å². The van der Waals surface area contributed by atoms with Gasteiger partial charge in [-0.15, -0.1) is 10.2 Å². The first-order valence-electron chi connectivity index (χ1n) is 9.51. The highest BCUT2D eigenvalue weighted by Gasteiger charge is 2.12. The summed E-state index contributed by atoms with van der Waals surface area (Å²) in [6.45, 7) is 5.55. The van der Waals surface area contributed by atoms with Crippen LogP contribution in [0, 0.1) is 12.8 Å². The van der Waals surface area contributed by atoms with Gasteiger partial charge in [-0.2, -0.15) is 0 Å². The van der Waals surface area contributed by atoms with E-state index in [0.29, 0.717) is 29.6 Å². The highest BCUT2D eigenvalue weighted by atomic mass is 16.4. The molecule has 2 amide bonds. The summed E-state index contributed by atoms with van der Waals surface area (Å²) in [6, 6.07) is 14.9. The molecule has 2 N–H and O–H groups in total. The Bertz CT molecular complexity index is 996. The number of aromatic nitrogens is 2. The van der Waals surface area contributed by atoms with Gasteiger partial charge < -0.3 is 15.1 Å². The fraction of sp³-hybridized carbons (Fsp3) is 0.273. The van der Waals surface area contributed by atoms with E-state index in [1.165, 1.54) is 0 Å². The molecule has 0 saturated carbocycles. The van der Waals surface area contributed by atoms with Crippen LogP contribution in [0.25, 0.3) is 11.5 Å². The maximum atomic E-state index is 12.4. The molecular weight excluding hydrogens is 368 g/mol. The third-order valence-electron chi connectivity index (χ3n) is 4.36. The summed E-state index contributed by atoms with van der Waals surface area (Å²) in [4.78, 5) is 24.2. The molecule has 150 valence electrons. The lowest BCUT2D eigenvalue weighted by Gasteiger charge is -2.12. The molecule has 1 heterocycles. The van der Waals surface area contributed by atoms with Crippen molar-refractivity contribution in [2.24, 2.45) is 5.92 Å². The molecule has 1 aromatic heterocycles. The molecule has 7 heteroatoms. The number of anilines is 2. The maximum absolute atomic E-state index is 12.4. The Morgan fingerprint density at radius 2 is 1.79 bits per heavy atom. The van der Waals surface area contributed by atoms with Crippen molar-refractivity contribution < 1.29 is 14.0 Å². The van der Waals surface area contributed by atoms with Gasteiger partial charge in [0, 0.05) is 35.7 Å². The Labute approximate surface area is 169 Å². The van der Waals surface area contributed by atoms with Crippen LogP contribution in [0.3, 0.4) is 0 Å². The van der Waals surface area contributed by atoms with Crippen LogP contribution in [-0.4, -0.2) is 22.0 Å². The van der Waals surface area contributed by atoms with Crippen molar-refractivity contribution >= 4 is 23.2 Å². The highest BCUT2D eigenvalue weighted by molar-refractivity contribution is 5.95. The predicted octanol–water partition coefficient (Wildman–Crippen LogP) is 4.21. The van der Waals surface area contributed by atoms with Crippen LogP contribution >= 0.6 is 0 Å². The molecule has 0 radical (unpaired) electrons. The first kappa shape index (κ1) is 20.3. The first-order valence-corrected chi connectivity index (χ1v) is 9.51. The van der Waals surface area contributed by atoms with Crippen LogP contribution in [0.4, 0.5) is 11.4 Å². The minimum Gasteiger partial charge on any atom is -0.421 e. The van der Waals surface area contributed by atoms with Crippen molar-refractivity contribution in [3.8, 4) is 11.5 Å². The van der Waals surface area contributed by atoms with E-state index in [1.807, 2.05) is 63.2 Å². The first-order chi connectivity index (χ1) is 13.9. The monoisotopic (exact) mass is 392 g/mol. The summed E-state index contributed by atoms with van der Waals surface area (Å²) in [5.41, 5.74) is 3.05. The smallest absolute Gasteiger partial charge is 0.247 e. The van der Waals surface area contributed by atoms with Crippen molar-refractivity contribution in [1.29, 1.82) is 0 Å². The number of nitrogens with one attached hydrogen (secondary N) is 2. The van der Waals surface area contributed by atoms with Crippen molar-refractivity contribution in [1.82, 2.24) is 10.2 Å². The van der Waals surface area contributed by atoms with Gasteiger partial charge in [0.1, 0.15) is 0 Å². The third kappa shape index (κ3) is 5.51. The standard InChI is InChI=1S/C22H24N4O3/c1-14(2)21(28)23-17-10-9-15(3)18(13-17)24-19(27)11-12-20-25-26-22(29-20)16-7-5-4-6-8-16/h4-10,13-14H,11-12H2,1-3H3,(H,23,28)(H,24,27). The van der Waals surface area contributed by atoms with Crippen LogP contribution in [0.5, 0.6) is 0 Å². The number of hydrogen-bond donors (Lipinski definition) is 2. The number of aryl methyl sites for hydroxylation is 2. The van der Waals surface area contributed by atoms with Gasteiger partial charge in [-0.3, -0.25) is 9.59 Å². The summed E-state index contributed by atoms with van der Waals surface area (Å²) in [7, 11) is 0. The van der Waals surface area contributed by atoms with Crippen molar-refractivity contribution in [2.45, 2.75) is 33.6 Å². The zero-order chi connectivity index (χ0) is 20.8. The quantitative estimate of drug-likeness (QED) is 0.628. The molecule has 0 atom stereocenters. The average Bonchev–Trinajstić information content (AvgIpc) is 3.18. The molecule has 0 bridgehead atoms. The molecule has 0 fully saturated rings. The molecular formula is C22H24N4O3. The van der Waals surface area contributed by atoms with Gasteiger partial charge in [0.15, 0.2) is 0 Å². The van der Waals surface area contributed by atoms with Crippen LogP contribution in [0.1, 0.15) is 31.7 Å². The second-order valence-electron chi connectivity index (χ2n) is 7.09. The Morgan fingerprint density at radius 1 is 1.03 bits per heavy atom. The van der Waals surface area contributed by atoms with E-state index in [2.05, 4.69) is 20.8 Å². The summed E-state index contributed by atoms with van der Waals surface area (Å²) in [5, 5.41) is 13.8. The molecule has 0 aliphatic rings. The molecule has 0 aliphatic carbocycles. The number of carbonyl (C=O) groups excluding carboxylic acids is 2. The molecule has 0 aliphatic heterocycles. The van der Waals surface area contributed by atoms with E-state index >= 15 is 0 Å². The van der Waals surface area contributed by atoms with Crippen molar-refractivity contribution in [3.05, 3.63) is 60.0 Å². The van der Waals surface area contributed by atoms with Gasteiger partial charge in [-0.25, -0.2) is 0 Å². The summed E-state index contributed by atoms with van der Waals surface area (Å²) < 4.78 is 5.63. The average molecular weight is 392 g/mol. The van der Waals surface area contributed by atoms with Gasteiger partial charge in [0.25, 0.3) is 0 Å². The minimum absolute atomic E-state index is 0.0725. The number of hydrogen-bond acceptors (Lipinski definition) is 5. The third-order valence-corrected chi connectivity index (χ3v) is 4.36. The molecule has 2 aromatic carbocycles.